The van der Waals surface area contributed by atoms with Gasteiger partial charge in [0.2, 0.25) is 0 Å². The normalized spacial score (nSPS) is 10.8. The van der Waals surface area contributed by atoms with Crippen LogP contribution in [0.2, 0.25) is 5.02 Å². The molecule has 4 aromatic rings. The van der Waals surface area contributed by atoms with Crippen molar-refractivity contribution in [2.24, 2.45) is 0 Å². The third kappa shape index (κ3) is 3.91. The highest BCUT2D eigenvalue weighted by molar-refractivity contribution is 6.35. The summed E-state index contributed by atoms with van der Waals surface area (Å²) < 4.78 is 12.8. The number of ether oxygens (including phenoxy) is 2. The Bertz CT molecular complexity index is 1180. The van der Waals surface area contributed by atoms with Crippen LogP contribution in [0.1, 0.15) is 11.1 Å². The van der Waals surface area contributed by atoms with Crippen LogP contribution in [0.4, 0.5) is 0 Å². The van der Waals surface area contributed by atoms with Gasteiger partial charge in [0, 0.05) is 11.1 Å². The summed E-state index contributed by atoms with van der Waals surface area (Å²) in [5, 5.41) is 5.51. The Kier molecular flexibility index (Phi) is 5.77. The van der Waals surface area contributed by atoms with Crippen molar-refractivity contribution < 1.29 is 9.47 Å². The lowest BCUT2D eigenvalue weighted by Gasteiger charge is -2.11. The zero-order valence-electron chi connectivity index (χ0n) is 17.2. The van der Waals surface area contributed by atoms with Crippen LogP contribution >= 0.6 is 11.6 Å². The first kappa shape index (κ1) is 20.0. The van der Waals surface area contributed by atoms with Gasteiger partial charge in [-0.05, 0) is 42.3 Å². The van der Waals surface area contributed by atoms with E-state index in [0.717, 1.165) is 34.0 Å². The fourth-order valence-corrected chi connectivity index (χ4v) is 3.86. The van der Waals surface area contributed by atoms with Crippen molar-refractivity contribution in [3.63, 3.8) is 0 Å². The van der Waals surface area contributed by atoms with Gasteiger partial charge in [-0.2, -0.15) is 5.10 Å². The molecule has 0 amide bonds. The molecular formula is C25H23ClN2O2. The topological polar surface area (TPSA) is 36.3 Å². The molecule has 0 saturated heterocycles. The number of aromatic nitrogens is 2. The van der Waals surface area contributed by atoms with E-state index in [-0.39, 0.29) is 0 Å². The van der Waals surface area contributed by atoms with Gasteiger partial charge in [-0.25, -0.2) is 0 Å². The second-order valence-electron chi connectivity index (χ2n) is 7.06. The molecule has 1 heterocycles. The molecule has 0 bridgehead atoms. The number of methoxy groups -OCH3 is 2. The van der Waals surface area contributed by atoms with Crippen LogP contribution in [0, 0.1) is 6.92 Å². The Balaban J connectivity index is 1.89. The molecular weight excluding hydrogens is 396 g/mol. The van der Waals surface area contributed by atoms with E-state index < -0.39 is 0 Å². The SMILES string of the molecule is COc1cccc(-c2nn(Cc3ccccc3C)c(-c3cccc(OC)c3)c2Cl)c1. The van der Waals surface area contributed by atoms with Gasteiger partial charge in [-0.1, -0.05) is 60.1 Å². The molecule has 1 aromatic heterocycles. The Morgan fingerprint density at radius 2 is 1.47 bits per heavy atom. The van der Waals surface area contributed by atoms with Crippen LogP contribution in [0.3, 0.4) is 0 Å². The van der Waals surface area contributed by atoms with Crippen LogP contribution in [-0.2, 0) is 6.54 Å². The summed E-state index contributed by atoms with van der Waals surface area (Å²) in [5.74, 6) is 1.54. The van der Waals surface area contributed by atoms with Crippen molar-refractivity contribution >= 4 is 11.6 Å². The third-order valence-electron chi connectivity index (χ3n) is 5.16. The Morgan fingerprint density at radius 1 is 0.833 bits per heavy atom. The third-order valence-corrected chi connectivity index (χ3v) is 5.52. The van der Waals surface area contributed by atoms with Crippen molar-refractivity contribution in [2.75, 3.05) is 14.2 Å². The van der Waals surface area contributed by atoms with Crippen LogP contribution in [0.15, 0.2) is 72.8 Å². The summed E-state index contributed by atoms with van der Waals surface area (Å²) in [4.78, 5) is 0. The van der Waals surface area contributed by atoms with Crippen molar-refractivity contribution in [1.29, 1.82) is 0 Å². The van der Waals surface area contributed by atoms with Crippen molar-refractivity contribution in [3.8, 4) is 34.0 Å². The van der Waals surface area contributed by atoms with E-state index in [9.17, 15) is 0 Å². The van der Waals surface area contributed by atoms with Gasteiger partial charge in [0.1, 0.15) is 17.2 Å². The largest absolute Gasteiger partial charge is 0.497 e. The second kappa shape index (κ2) is 8.64. The lowest BCUT2D eigenvalue weighted by molar-refractivity contribution is 0.415. The van der Waals surface area contributed by atoms with Gasteiger partial charge in [0.25, 0.3) is 0 Å². The highest BCUT2D eigenvalue weighted by Gasteiger charge is 2.20. The zero-order chi connectivity index (χ0) is 21.1. The van der Waals surface area contributed by atoms with Gasteiger partial charge in [0.05, 0.1) is 31.5 Å². The summed E-state index contributed by atoms with van der Waals surface area (Å²) in [6.45, 7) is 2.72. The predicted molar refractivity (Wildman–Crippen MR) is 121 cm³/mol. The number of nitrogens with zero attached hydrogens (tertiary/aromatic N) is 2. The molecule has 0 aliphatic heterocycles. The molecule has 0 N–H and O–H groups in total. The average Bonchev–Trinajstić information content (AvgIpc) is 3.11. The minimum absolute atomic E-state index is 0.602. The summed E-state index contributed by atoms with van der Waals surface area (Å²) in [7, 11) is 3.31. The molecule has 30 heavy (non-hydrogen) atoms. The van der Waals surface area contributed by atoms with E-state index >= 15 is 0 Å². The molecule has 0 aliphatic carbocycles. The van der Waals surface area contributed by atoms with Crippen molar-refractivity contribution in [1.82, 2.24) is 9.78 Å². The zero-order valence-corrected chi connectivity index (χ0v) is 18.0. The molecule has 0 fully saturated rings. The standard InChI is InChI=1S/C25H23ClN2O2/c1-17-8-4-5-9-20(17)16-28-25(19-11-7-13-22(15-19)30-3)23(26)24(27-28)18-10-6-12-21(14-18)29-2/h4-15H,16H2,1-3H3. The van der Waals surface area contributed by atoms with Crippen LogP contribution < -0.4 is 9.47 Å². The number of halogens is 1. The van der Waals surface area contributed by atoms with E-state index in [1.54, 1.807) is 14.2 Å². The van der Waals surface area contributed by atoms with E-state index in [1.807, 2.05) is 65.3 Å². The Morgan fingerprint density at radius 3 is 2.13 bits per heavy atom. The first-order chi connectivity index (χ1) is 14.6. The van der Waals surface area contributed by atoms with E-state index in [4.69, 9.17) is 26.2 Å². The summed E-state index contributed by atoms with van der Waals surface area (Å²) in [6, 6.07) is 24.0. The molecule has 0 aliphatic rings. The Hall–Kier alpha value is -3.24. The molecule has 0 spiro atoms. The minimum atomic E-state index is 0.602. The minimum Gasteiger partial charge on any atom is -0.497 e. The van der Waals surface area contributed by atoms with Gasteiger partial charge >= 0.3 is 0 Å². The van der Waals surface area contributed by atoms with Crippen LogP contribution in [-0.4, -0.2) is 24.0 Å². The van der Waals surface area contributed by atoms with Crippen molar-refractivity contribution in [2.45, 2.75) is 13.5 Å². The monoisotopic (exact) mass is 418 g/mol. The number of aryl methyl sites for hydroxylation is 1. The lowest BCUT2D eigenvalue weighted by atomic mass is 10.1. The molecule has 4 nitrogen and oxygen atoms in total. The Labute approximate surface area is 181 Å². The van der Waals surface area contributed by atoms with Gasteiger partial charge in [-0.15, -0.1) is 0 Å². The van der Waals surface area contributed by atoms with E-state index in [1.165, 1.54) is 11.1 Å². The molecule has 152 valence electrons. The molecule has 3 aromatic carbocycles. The highest BCUT2D eigenvalue weighted by atomic mass is 35.5. The summed E-state index contributed by atoms with van der Waals surface area (Å²) >= 11 is 6.93. The number of hydrogen-bond donors (Lipinski definition) is 0. The summed E-state index contributed by atoms with van der Waals surface area (Å²) in [6.07, 6.45) is 0. The molecule has 5 heteroatoms. The van der Waals surface area contributed by atoms with Gasteiger partial charge < -0.3 is 9.47 Å². The second-order valence-corrected chi connectivity index (χ2v) is 7.44. The molecule has 0 unspecified atom stereocenters. The smallest absolute Gasteiger partial charge is 0.119 e. The average molecular weight is 419 g/mol. The van der Waals surface area contributed by atoms with Crippen LogP contribution in [0.25, 0.3) is 22.5 Å². The van der Waals surface area contributed by atoms with Gasteiger partial charge in [0.15, 0.2) is 0 Å². The van der Waals surface area contributed by atoms with E-state index in [2.05, 4.69) is 19.1 Å². The fraction of sp³-hybridized carbons (Fsp3) is 0.160. The maximum Gasteiger partial charge on any atom is 0.119 e. The molecule has 0 saturated carbocycles. The van der Waals surface area contributed by atoms with Crippen molar-refractivity contribution in [3.05, 3.63) is 88.9 Å². The maximum absolute atomic E-state index is 6.93. The summed E-state index contributed by atoms with van der Waals surface area (Å²) in [5.41, 5.74) is 5.85. The maximum atomic E-state index is 6.93. The lowest BCUT2D eigenvalue weighted by Crippen LogP contribution is -2.05. The van der Waals surface area contributed by atoms with E-state index in [0.29, 0.717) is 11.6 Å². The predicted octanol–water partition coefficient (Wildman–Crippen LogP) is 6.24. The molecule has 0 radical (unpaired) electrons. The molecule has 4 rings (SSSR count). The first-order valence-corrected chi connectivity index (χ1v) is 10.1. The first-order valence-electron chi connectivity index (χ1n) is 9.70. The molecule has 0 atom stereocenters. The quantitative estimate of drug-likeness (QED) is 0.371. The number of rotatable bonds is 6. The van der Waals surface area contributed by atoms with Gasteiger partial charge in [-0.3, -0.25) is 4.68 Å². The fourth-order valence-electron chi connectivity index (χ4n) is 3.50. The number of benzene rings is 3. The number of hydrogen-bond acceptors (Lipinski definition) is 3. The van der Waals surface area contributed by atoms with Crippen LogP contribution in [0.5, 0.6) is 11.5 Å². The highest BCUT2D eigenvalue weighted by Crippen LogP contribution is 2.38.